The van der Waals surface area contributed by atoms with Crippen molar-refractivity contribution in [3.8, 4) is 11.1 Å². The number of carbonyl (C=O) groups is 1. The molecular formula is C28H26ClFNOS. The Morgan fingerprint density at radius 2 is 1.85 bits per heavy atom. The van der Waals surface area contributed by atoms with Crippen molar-refractivity contribution < 1.29 is 9.18 Å². The summed E-state index contributed by atoms with van der Waals surface area (Å²) < 4.78 is 14.9. The predicted octanol–water partition coefficient (Wildman–Crippen LogP) is 7.93. The lowest BCUT2D eigenvalue weighted by Gasteiger charge is -2.17. The number of amides is 1. The first-order valence-electron chi connectivity index (χ1n) is 10.9. The lowest BCUT2D eigenvalue weighted by molar-refractivity contribution is 0.0955. The SMILES string of the molecule is CC(C)(C)[CH]CNC(=O)c1cccc(-c2cccc3cc(Cc4cc(F)cc(Cl)c4)sc23)c1. The van der Waals surface area contributed by atoms with Crippen LogP contribution in [-0.2, 0) is 6.42 Å². The number of fused-ring (bicyclic) bond motifs is 1. The summed E-state index contributed by atoms with van der Waals surface area (Å²) in [4.78, 5) is 13.8. The molecule has 3 aromatic carbocycles. The summed E-state index contributed by atoms with van der Waals surface area (Å²) in [5, 5.41) is 4.51. The third-order valence-corrected chi connectivity index (χ3v) is 6.71. The van der Waals surface area contributed by atoms with Gasteiger partial charge in [0.05, 0.1) is 0 Å². The minimum absolute atomic E-state index is 0.0541. The second kappa shape index (κ2) is 9.66. The highest BCUT2D eigenvalue weighted by atomic mass is 35.5. The number of halogens is 2. The number of nitrogens with one attached hydrogen (secondary N) is 1. The Balaban J connectivity index is 1.59. The molecule has 0 aliphatic heterocycles. The van der Waals surface area contributed by atoms with Crippen LogP contribution in [0.15, 0.2) is 66.7 Å². The van der Waals surface area contributed by atoms with Crippen molar-refractivity contribution in [2.75, 3.05) is 6.54 Å². The monoisotopic (exact) mass is 478 g/mol. The van der Waals surface area contributed by atoms with Gasteiger partial charge in [0.15, 0.2) is 0 Å². The first kappa shape index (κ1) is 23.5. The average molecular weight is 479 g/mol. The second-order valence-corrected chi connectivity index (χ2v) is 10.8. The highest BCUT2D eigenvalue weighted by Crippen LogP contribution is 2.36. The Labute approximate surface area is 203 Å². The van der Waals surface area contributed by atoms with Gasteiger partial charge in [-0.2, -0.15) is 0 Å². The molecule has 1 aromatic heterocycles. The number of rotatable bonds is 6. The summed E-state index contributed by atoms with van der Waals surface area (Å²) in [5.41, 5.74) is 3.61. The molecule has 0 aliphatic rings. The summed E-state index contributed by atoms with van der Waals surface area (Å²) in [7, 11) is 0. The Morgan fingerprint density at radius 1 is 1.06 bits per heavy atom. The zero-order valence-corrected chi connectivity index (χ0v) is 20.5. The minimum atomic E-state index is -0.325. The third kappa shape index (κ3) is 6.01. The zero-order chi connectivity index (χ0) is 23.6. The van der Waals surface area contributed by atoms with E-state index in [9.17, 15) is 9.18 Å². The number of carbonyl (C=O) groups excluding carboxylic acids is 1. The molecule has 5 heteroatoms. The second-order valence-electron chi connectivity index (χ2n) is 9.25. The fourth-order valence-electron chi connectivity index (χ4n) is 3.73. The van der Waals surface area contributed by atoms with E-state index < -0.39 is 0 Å². The molecule has 0 aliphatic carbocycles. The zero-order valence-electron chi connectivity index (χ0n) is 18.9. The number of hydrogen-bond acceptors (Lipinski definition) is 2. The molecule has 0 saturated heterocycles. The first-order valence-corrected chi connectivity index (χ1v) is 12.1. The van der Waals surface area contributed by atoms with Crippen LogP contribution in [0.2, 0.25) is 5.02 Å². The summed E-state index contributed by atoms with van der Waals surface area (Å²) >= 11 is 7.71. The fourth-order valence-corrected chi connectivity index (χ4v) is 5.20. The molecule has 1 heterocycles. The highest BCUT2D eigenvalue weighted by Gasteiger charge is 2.14. The lowest BCUT2D eigenvalue weighted by atomic mass is 9.92. The summed E-state index contributed by atoms with van der Waals surface area (Å²) in [6.07, 6.45) is 2.71. The van der Waals surface area contributed by atoms with Gasteiger partial charge in [0.2, 0.25) is 0 Å². The normalized spacial score (nSPS) is 11.7. The minimum Gasteiger partial charge on any atom is -0.352 e. The molecule has 0 saturated carbocycles. The maximum Gasteiger partial charge on any atom is 0.251 e. The van der Waals surface area contributed by atoms with Crippen molar-refractivity contribution in [3.63, 3.8) is 0 Å². The molecule has 2 nitrogen and oxygen atoms in total. The maximum absolute atomic E-state index is 13.7. The number of benzene rings is 3. The van der Waals surface area contributed by atoms with Gasteiger partial charge in [-0.05, 0) is 70.3 Å². The van der Waals surface area contributed by atoms with Crippen molar-refractivity contribution >= 4 is 38.9 Å². The smallest absolute Gasteiger partial charge is 0.251 e. The van der Waals surface area contributed by atoms with E-state index in [0.29, 0.717) is 23.6 Å². The van der Waals surface area contributed by atoms with E-state index in [1.165, 1.54) is 12.1 Å². The van der Waals surface area contributed by atoms with Gasteiger partial charge in [0, 0.05) is 33.1 Å². The van der Waals surface area contributed by atoms with Crippen LogP contribution in [0, 0.1) is 17.7 Å². The quantitative estimate of drug-likeness (QED) is 0.299. The van der Waals surface area contributed by atoms with Crippen molar-refractivity contribution in [1.82, 2.24) is 5.32 Å². The average Bonchev–Trinajstić information content (AvgIpc) is 3.14. The van der Waals surface area contributed by atoms with Gasteiger partial charge in [0.25, 0.3) is 5.91 Å². The van der Waals surface area contributed by atoms with Crippen molar-refractivity contribution in [2.24, 2.45) is 5.41 Å². The van der Waals surface area contributed by atoms with Crippen LogP contribution in [0.1, 0.15) is 41.6 Å². The van der Waals surface area contributed by atoms with Gasteiger partial charge in [0.1, 0.15) is 5.82 Å². The molecule has 4 rings (SSSR count). The maximum atomic E-state index is 13.7. The fraction of sp³-hybridized carbons (Fsp3) is 0.214. The largest absolute Gasteiger partial charge is 0.352 e. The van der Waals surface area contributed by atoms with Crippen LogP contribution in [-0.4, -0.2) is 12.5 Å². The Bertz CT molecular complexity index is 1280. The van der Waals surface area contributed by atoms with Crippen LogP contribution in [0.5, 0.6) is 0 Å². The standard InChI is InChI=1S/C28H26ClFNOS/c1-28(2,3)10-11-31-27(32)21-8-4-6-19(15-21)25-9-5-7-20-16-24(33-26(20)25)14-18-12-22(29)17-23(30)13-18/h4-10,12-13,15-17H,11,14H2,1-3H3,(H,31,32). The van der Waals surface area contributed by atoms with E-state index in [-0.39, 0.29) is 17.1 Å². The van der Waals surface area contributed by atoms with Gasteiger partial charge in [-0.15, -0.1) is 11.3 Å². The predicted molar refractivity (Wildman–Crippen MR) is 138 cm³/mol. The molecule has 0 spiro atoms. The molecule has 4 aromatic rings. The van der Waals surface area contributed by atoms with E-state index in [1.54, 1.807) is 17.4 Å². The van der Waals surface area contributed by atoms with Crippen LogP contribution >= 0.6 is 22.9 Å². The molecule has 169 valence electrons. The summed E-state index contributed by atoms with van der Waals surface area (Å²) in [6.45, 7) is 6.86. The van der Waals surface area contributed by atoms with E-state index >= 15 is 0 Å². The van der Waals surface area contributed by atoms with Gasteiger partial charge < -0.3 is 5.32 Å². The van der Waals surface area contributed by atoms with Crippen molar-refractivity contribution in [1.29, 1.82) is 0 Å². The van der Waals surface area contributed by atoms with E-state index in [0.717, 1.165) is 31.7 Å². The van der Waals surface area contributed by atoms with E-state index in [2.05, 4.69) is 50.7 Å². The first-order chi connectivity index (χ1) is 15.7. The summed E-state index contributed by atoms with van der Waals surface area (Å²) in [5.74, 6) is -0.408. The lowest BCUT2D eigenvalue weighted by Crippen LogP contribution is -2.27. The molecule has 33 heavy (non-hydrogen) atoms. The van der Waals surface area contributed by atoms with Gasteiger partial charge in [-0.1, -0.05) is 62.7 Å². The molecule has 1 N–H and O–H groups in total. The Kier molecular flexibility index (Phi) is 6.87. The number of hydrogen-bond donors (Lipinski definition) is 1. The van der Waals surface area contributed by atoms with Crippen LogP contribution in [0.4, 0.5) is 4.39 Å². The molecule has 0 bridgehead atoms. The van der Waals surface area contributed by atoms with Gasteiger partial charge in [-0.3, -0.25) is 4.79 Å². The summed E-state index contributed by atoms with van der Waals surface area (Å²) in [6, 6.07) is 20.7. The molecule has 0 unspecified atom stereocenters. The topological polar surface area (TPSA) is 29.1 Å². The Hall–Kier alpha value is -2.69. The van der Waals surface area contributed by atoms with Gasteiger partial charge in [-0.25, -0.2) is 4.39 Å². The third-order valence-electron chi connectivity index (χ3n) is 5.31. The van der Waals surface area contributed by atoms with E-state index in [1.807, 2.05) is 30.3 Å². The molecule has 1 radical (unpaired) electrons. The molecule has 1 amide bonds. The van der Waals surface area contributed by atoms with Crippen LogP contribution in [0.3, 0.4) is 0 Å². The van der Waals surface area contributed by atoms with Gasteiger partial charge >= 0.3 is 0 Å². The van der Waals surface area contributed by atoms with Crippen LogP contribution in [0.25, 0.3) is 21.2 Å². The van der Waals surface area contributed by atoms with Crippen molar-refractivity contribution in [3.05, 3.63) is 100.0 Å². The number of thiophene rings is 1. The Morgan fingerprint density at radius 3 is 2.61 bits per heavy atom. The van der Waals surface area contributed by atoms with E-state index in [4.69, 9.17) is 11.6 Å². The van der Waals surface area contributed by atoms with Crippen LogP contribution < -0.4 is 5.32 Å². The molecule has 0 fully saturated rings. The molecule has 0 atom stereocenters. The molecular weight excluding hydrogens is 453 g/mol. The highest BCUT2D eigenvalue weighted by molar-refractivity contribution is 7.19. The van der Waals surface area contributed by atoms with Crippen molar-refractivity contribution in [2.45, 2.75) is 27.2 Å².